The summed E-state index contributed by atoms with van der Waals surface area (Å²) in [5.41, 5.74) is 7.35. The summed E-state index contributed by atoms with van der Waals surface area (Å²) in [5.74, 6) is 2.20. The molecule has 182 valence electrons. The maximum Gasteiger partial charge on any atom is 0.339 e. The fourth-order valence-corrected chi connectivity index (χ4v) is 5.55. The molecule has 0 unspecified atom stereocenters. The number of nitrogens with two attached hydrogens (primary N) is 1. The lowest BCUT2D eigenvalue weighted by molar-refractivity contribution is 0.0601. The number of aliphatic imine (C=N–C) groups is 1. The summed E-state index contributed by atoms with van der Waals surface area (Å²) in [5, 5.41) is 3.47. The summed E-state index contributed by atoms with van der Waals surface area (Å²) in [6.45, 7) is 2.98. The van der Waals surface area contributed by atoms with Gasteiger partial charge in [0.05, 0.1) is 37.6 Å². The van der Waals surface area contributed by atoms with Gasteiger partial charge in [-0.15, -0.1) is 0 Å². The Labute approximate surface area is 198 Å². The Balaban J connectivity index is 1.40. The van der Waals surface area contributed by atoms with Crippen LogP contribution in [0.5, 0.6) is 0 Å². The van der Waals surface area contributed by atoms with Gasteiger partial charge in [-0.05, 0) is 81.8 Å². The van der Waals surface area contributed by atoms with Crippen LogP contribution in [0.3, 0.4) is 0 Å². The van der Waals surface area contributed by atoms with Gasteiger partial charge in [0, 0.05) is 19.1 Å². The van der Waals surface area contributed by atoms with E-state index < -0.39 is 0 Å². The standard InChI is InChI=1S/C26H40N4O3/c1-32-25(31)23-4-2-3-5-24(23)29-26(30-14-16-33-17-15-30)28-22-12-8-20(9-13-22)18-19-6-10-21(27)11-7-19/h2-5,19-22H,6-18,27H2,1H3,(H,28,29). The molecule has 1 aliphatic heterocycles. The highest BCUT2D eigenvalue weighted by molar-refractivity contribution is 6.02. The molecule has 1 saturated heterocycles. The SMILES string of the molecule is COC(=O)c1ccccc1NC(=NC1CCC(CC2CCC(N)CC2)CC1)N1CCOCC1. The molecule has 0 amide bonds. The van der Waals surface area contributed by atoms with Crippen molar-refractivity contribution in [2.45, 2.75) is 69.9 Å². The van der Waals surface area contributed by atoms with Crippen molar-refractivity contribution < 1.29 is 14.3 Å². The molecule has 7 nitrogen and oxygen atoms in total. The molecule has 0 aromatic heterocycles. The third kappa shape index (κ3) is 6.70. The van der Waals surface area contributed by atoms with Crippen LogP contribution >= 0.6 is 0 Å². The number of anilines is 1. The molecule has 7 heteroatoms. The first-order chi connectivity index (χ1) is 16.1. The van der Waals surface area contributed by atoms with Gasteiger partial charge in [0.1, 0.15) is 0 Å². The molecule has 0 spiro atoms. The van der Waals surface area contributed by atoms with Gasteiger partial charge in [0.25, 0.3) is 0 Å². The van der Waals surface area contributed by atoms with E-state index in [1.54, 1.807) is 6.07 Å². The highest BCUT2D eigenvalue weighted by Crippen LogP contribution is 2.36. The Kier molecular flexibility index (Phi) is 8.62. The Bertz CT molecular complexity index is 792. The van der Waals surface area contributed by atoms with Crippen molar-refractivity contribution in [3.63, 3.8) is 0 Å². The second-order valence-electron chi connectivity index (χ2n) is 9.91. The topological polar surface area (TPSA) is 89.2 Å². The van der Waals surface area contributed by atoms with Crippen LogP contribution in [0, 0.1) is 11.8 Å². The molecule has 0 radical (unpaired) electrons. The molecule has 1 heterocycles. The minimum atomic E-state index is -0.344. The van der Waals surface area contributed by atoms with E-state index in [2.05, 4.69) is 10.2 Å². The first-order valence-electron chi connectivity index (χ1n) is 12.7. The van der Waals surface area contributed by atoms with E-state index in [9.17, 15) is 4.79 Å². The van der Waals surface area contributed by atoms with Crippen LogP contribution in [-0.2, 0) is 9.47 Å². The predicted molar refractivity (Wildman–Crippen MR) is 132 cm³/mol. The average molecular weight is 457 g/mol. The van der Waals surface area contributed by atoms with E-state index in [1.165, 1.54) is 52.1 Å². The van der Waals surface area contributed by atoms with Gasteiger partial charge >= 0.3 is 5.97 Å². The van der Waals surface area contributed by atoms with Crippen LogP contribution in [0.25, 0.3) is 0 Å². The van der Waals surface area contributed by atoms with Gasteiger partial charge in [-0.25, -0.2) is 9.79 Å². The summed E-state index contributed by atoms with van der Waals surface area (Å²) in [4.78, 5) is 19.7. The van der Waals surface area contributed by atoms with Crippen LogP contribution in [-0.4, -0.2) is 62.3 Å². The summed E-state index contributed by atoms with van der Waals surface area (Å²) < 4.78 is 10.5. The molecule has 1 aromatic rings. The summed E-state index contributed by atoms with van der Waals surface area (Å²) in [6.07, 6.45) is 11.2. The van der Waals surface area contributed by atoms with Crippen LogP contribution < -0.4 is 11.1 Å². The molecular formula is C26H40N4O3. The zero-order valence-electron chi connectivity index (χ0n) is 20.0. The summed E-state index contributed by atoms with van der Waals surface area (Å²) >= 11 is 0. The number of esters is 1. The predicted octanol–water partition coefficient (Wildman–Crippen LogP) is 4.04. The lowest BCUT2D eigenvalue weighted by Gasteiger charge is -2.34. The zero-order chi connectivity index (χ0) is 23.0. The second-order valence-corrected chi connectivity index (χ2v) is 9.91. The van der Waals surface area contributed by atoms with Gasteiger partial charge in [-0.2, -0.15) is 0 Å². The van der Waals surface area contributed by atoms with Crippen LogP contribution in [0.2, 0.25) is 0 Å². The molecule has 4 rings (SSSR count). The van der Waals surface area contributed by atoms with E-state index in [0.29, 0.717) is 30.9 Å². The second kappa shape index (κ2) is 11.8. The number of nitrogens with zero attached hydrogens (tertiary/aromatic N) is 2. The van der Waals surface area contributed by atoms with Crippen molar-refractivity contribution in [1.29, 1.82) is 0 Å². The van der Waals surface area contributed by atoms with Crippen LogP contribution in [0.4, 0.5) is 5.69 Å². The molecule has 3 aliphatic rings. The first kappa shape index (κ1) is 24.0. The average Bonchev–Trinajstić information content (AvgIpc) is 2.86. The first-order valence-corrected chi connectivity index (χ1v) is 12.7. The molecule has 3 fully saturated rings. The number of rotatable bonds is 5. The van der Waals surface area contributed by atoms with Crippen molar-refractivity contribution in [1.82, 2.24) is 4.90 Å². The Morgan fingerprint density at radius 1 is 1.06 bits per heavy atom. The number of hydrogen-bond donors (Lipinski definition) is 2. The number of para-hydroxylation sites is 1. The number of carbonyl (C=O) groups excluding carboxylic acids is 1. The molecule has 3 N–H and O–H groups in total. The number of carbonyl (C=O) groups is 1. The largest absolute Gasteiger partial charge is 0.465 e. The van der Waals surface area contributed by atoms with Crippen LogP contribution in [0.15, 0.2) is 29.3 Å². The van der Waals surface area contributed by atoms with Crippen molar-refractivity contribution in [2.75, 3.05) is 38.7 Å². The highest BCUT2D eigenvalue weighted by Gasteiger charge is 2.27. The van der Waals surface area contributed by atoms with E-state index in [-0.39, 0.29) is 5.97 Å². The lowest BCUT2D eigenvalue weighted by atomic mass is 9.76. The fourth-order valence-electron chi connectivity index (χ4n) is 5.55. The Morgan fingerprint density at radius 3 is 2.36 bits per heavy atom. The van der Waals surface area contributed by atoms with Crippen molar-refractivity contribution in [3.8, 4) is 0 Å². The highest BCUT2D eigenvalue weighted by atomic mass is 16.5. The maximum atomic E-state index is 12.3. The molecule has 2 aliphatic carbocycles. The number of benzene rings is 1. The summed E-state index contributed by atoms with van der Waals surface area (Å²) in [7, 11) is 1.41. The monoisotopic (exact) mass is 456 g/mol. The maximum absolute atomic E-state index is 12.3. The quantitative estimate of drug-likeness (QED) is 0.395. The molecule has 0 bridgehead atoms. The van der Waals surface area contributed by atoms with Gasteiger partial charge in [0.15, 0.2) is 5.96 Å². The van der Waals surface area contributed by atoms with Gasteiger partial charge in [-0.1, -0.05) is 12.1 Å². The zero-order valence-corrected chi connectivity index (χ0v) is 20.0. The van der Waals surface area contributed by atoms with Gasteiger partial charge < -0.3 is 25.4 Å². The molecule has 33 heavy (non-hydrogen) atoms. The smallest absolute Gasteiger partial charge is 0.339 e. The number of morpholine rings is 1. The molecular weight excluding hydrogens is 416 g/mol. The van der Waals surface area contributed by atoms with E-state index in [4.69, 9.17) is 20.2 Å². The van der Waals surface area contributed by atoms with Gasteiger partial charge in [0.2, 0.25) is 0 Å². The number of hydrogen-bond acceptors (Lipinski definition) is 5. The minimum Gasteiger partial charge on any atom is -0.465 e. The van der Waals surface area contributed by atoms with E-state index in [1.807, 2.05) is 18.2 Å². The number of nitrogens with one attached hydrogen (secondary N) is 1. The molecule has 1 aromatic carbocycles. The normalized spacial score (nSPS) is 28.9. The Hall–Kier alpha value is -2.12. The van der Waals surface area contributed by atoms with Crippen molar-refractivity contribution >= 4 is 17.6 Å². The minimum absolute atomic E-state index is 0.316. The van der Waals surface area contributed by atoms with Gasteiger partial charge in [-0.3, -0.25) is 0 Å². The third-order valence-corrected chi connectivity index (χ3v) is 7.57. The van der Waals surface area contributed by atoms with Crippen LogP contribution in [0.1, 0.15) is 68.1 Å². The van der Waals surface area contributed by atoms with Crippen molar-refractivity contribution in [3.05, 3.63) is 29.8 Å². The summed E-state index contributed by atoms with van der Waals surface area (Å²) in [6, 6.07) is 8.22. The third-order valence-electron chi connectivity index (χ3n) is 7.57. The molecule has 0 atom stereocenters. The van der Waals surface area contributed by atoms with Crippen molar-refractivity contribution in [2.24, 2.45) is 22.6 Å². The number of guanidine groups is 1. The number of methoxy groups -OCH3 is 1. The molecule has 2 saturated carbocycles. The number of ether oxygens (including phenoxy) is 2. The van der Waals surface area contributed by atoms with E-state index in [0.717, 1.165) is 49.4 Å². The lowest BCUT2D eigenvalue weighted by Crippen LogP contribution is -2.45. The van der Waals surface area contributed by atoms with E-state index >= 15 is 0 Å². The Morgan fingerprint density at radius 2 is 1.70 bits per heavy atom. The fraction of sp³-hybridized carbons (Fsp3) is 0.692.